The number of aliphatic hydroxyl groups is 1. The smallest absolute Gasteiger partial charge is 0.253 e. The molecule has 0 saturated carbocycles. The molecule has 0 aromatic heterocycles. The van der Waals surface area contributed by atoms with Gasteiger partial charge in [0.05, 0.1) is 6.10 Å². The molecule has 0 bridgehead atoms. The van der Waals surface area contributed by atoms with Crippen LogP contribution in [0.1, 0.15) is 30.1 Å². The van der Waals surface area contributed by atoms with E-state index in [4.69, 9.17) is 4.74 Å². The first-order valence-electron chi connectivity index (χ1n) is 8.44. The Morgan fingerprint density at radius 3 is 2.67 bits per heavy atom. The van der Waals surface area contributed by atoms with Crippen molar-refractivity contribution in [3.05, 3.63) is 60.2 Å². The number of piperidine rings is 1. The Balaban J connectivity index is 1.72. The van der Waals surface area contributed by atoms with E-state index >= 15 is 0 Å². The summed E-state index contributed by atoms with van der Waals surface area (Å²) in [6, 6.07) is 16.8. The van der Waals surface area contributed by atoms with Crippen molar-refractivity contribution in [2.24, 2.45) is 5.92 Å². The summed E-state index contributed by atoms with van der Waals surface area (Å²) >= 11 is 0. The first kappa shape index (κ1) is 16.5. The van der Waals surface area contributed by atoms with Crippen molar-refractivity contribution in [3.63, 3.8) is 0 Å². The van der Waals surface area contributed by atoms with Crippen LogP contribution in [0.15, 0.2) is 54.6 Å². The van der Waals surface area contributed by atoms with Gasteiger partial charge in [-0.25, -0.2) is 0 Å². The SMILES string of the molecule is CC(O)C1CCCN(C(=O)c2cccc(Oc3ccccc3)c2)C1. The molecule has 126 valence electrons. The van der Waals surface area contributed by atoms with Crippen molar-refractivity contribution in [2.75, 3.05) is 13.1 Å². The van der Waals surface area contributed by atoms with Gasteiger partial charge in [0.1, 0.15) is 11.5 Å². The minimum absolute atomic E-state index is 0.00105. The zero-order valence-electron chi connectivity index (χ0n) is 13.9. The van der Waals surface area contributed by atoms with Crippen molar-refractivity contribution >= 4 is 5.91 Å². The van der Waals surface area contributed by atoms with E-state index in [9.17, 15) is 9.90 Å². The fraction of sp³-hybridized carbons (Fsp3) is 0.350. The Hall–Kier alpha value is -2.33. The number of benzene rings is 2. The summed E-state index contributed by atoms with van der Waals surface area (Å²) in [6.07, 6.45) is 1.52. The Bertz CT molecular complexity index is 684. The van der Waals surface area contributed by atoms with Gasteiger partial charge in [0, 0.05) is 24.6 Å². The molecule has 1 aliphatic heterocycles. The number of hydrogen-bond donors (Lipinski definition) is 1. The van der Waals surface area contributed by atoms with E-state index in [1.165, 1.54) is 0 Å². The minimum Gasteiger partial charge on any atom is -0.457 e. The first-order valence-corrected chi connectivity index (χ1v) is 8.44. The maximum atomic E-state index is 12.8. The Morgan fingerprint density at radius 1 is 1.17 bits per heavy atom. The topological polar surface area (TPSA) is 49.8 Å². The molecule has 0 radical (unpaired) electrons. The lowest BCUT2D eigenvalue weighted by Crippen LogP contribution is -2.42. The number of carbonyl (C=O) groups excluding carboxylic acids is 1. The van der Waals surface area contributed by atoms with Crippen molar-refractivity contribution in [1.29, 1.82) is 0 Å². The highest BCUT2D eigenvalue weighted by atomic mass is 16.5. The molecule has 2 aromatic carbocycles. The average Bonchev–Trinajstić information content (AvgIpc) is 2.62. The maximum Gasteiger partial charge on any atom is 0.253 e. The van der Waals surface area contributed by atoms with Crippen LogP contribution in [0.25, 0.3) is 0 Å². The minimum atomic E-state index is -0.381. The average molecular weight is 325 g/mol. The predicted molar refractivity (Wildman–Crippen MR) is 93.3 cm³/mol. The molecule has 2 aromatic rings. The normalized spacial score (nSPS) is 18.9. The molecule has 1 fully saturated rings. The molecule has 4 heteroatoms. The number of nitrogens with zero attached hydrogens (tertiary/aromatic N) is 1. The lowest BCUT2D eigenvalue weighted by atomic mass is 9.93. The van der Waals surface area contributed by atoms with E-state index in [1.54, 1.807) is 13.0 Å². The number of amides is 1. The van der Waals surface area contributed by atoms with Crippen LogP contribution in [0.5, 0.6) is 11.5 Å². The van der Waals surface area contributed by atoms with Gasteiger partial charge in [-0.15, -0.1) is 0 Å². The van der Waals surface area contributed by atoms with E-state index in [0.29, 0.717) is 17.9 Å². The lowest BCUT2D eigenvalue weighted by molar-refractivity contribution is 0.0466. The van der Waals surface area contributed by atoms with Gasteiger partial charge in [0.15, 0.2) is 0 Å². The third kappa shape index (κ3) is 3.95. The van der Waals surface area contributed by atoms with Crippen LogP contribution in [0.2, 0.25) is 0 Å². The molecule has 2 unspecified atom stereocenters. The van der Waals surface area contributed by atoms with Gasteiger partial charge in [0.2, 0.25) is 0 Å². The molecule has 0 aliphatic carbocycles. The van der Waals surface area contributed by atoms with Gasteiger partial charge < -0.3 is 14.7 Å². The van der Waals surface area contributed by atoms with Gasteiger partial charge >= 0.3 is 0 Å². The molecule has 24 heavy (non-hydrogen) atoms. The monoisotopic (exact) mass is 325 g/mol. The number of para-hydroxylation sites is 1. The van der Waals surface area contributed by atoms with E-state index < -0.39 is 0 Å². The fourth-order valence-corrected chi connectivity index (χ4v) is 3.09. The molecule has 2 atom stereocenters. The molecular formula is C20H23NO3. The van der Waals surface area contributed by atoms with Gasteiger partial charge in [-0.3, -0.25) is 4.79 Å². The molecule has 1 heterocycles. The zero-order chi connectivity index (χ0) is 16.9. The van der Waals surface area contributed by atoms with E-state index in [2.05, 4.69) is 0 Å². The van der Waals surface area contributed by atoms with Gasteiger partial charge in [0.25, 0.3) is 5.91 Å². The third-order valence-electron chi connectivity index (χ3n) is 4.49. The first-order chi connectivity index (χ1) is 11.6. The summed E-state index contributed by atoms with van der Waals surface area (Å²) in [6.45, 7) is 3.15. The van der Waals surface area contributed by atoms with E-state index in [1.807, 2.05) is 53.4 Å². The molecule has 1 N–H and O–H groups in total. The van der Waals surface area contributed by atoms with Crippen LogP contribution in [0.3, 0.4) is 0 Å². The van der Waals surface area contributed by atoms with Gasteiger partial charge in [-0.05, 0) is 50.1 Å². The largest absolute Gasteiger partial charge is 0.457 e. The van der Waals surface area contributed by atoms with E-state index in [-0.39, 0.29) is 17.9 Å². The molecule has 4 nitrogen and oxygen atoms in total. The molecule has 3 rings (SSSR count). The highest BCUT2D eigenvalue weighted by Gasteiger charge is 2.27. The highest BCUT2D eigenvalue weighted by Crippen LogP contribution is 2.25. The second-order valence-corrected chi connectivity index (χ2v) is 6.34. The summed E-state index contributed by atoms with van der Waals surface area (Å²) in [5, 5.41) is 9.80. The second-order valence-electron chi connectivity index (χ2n) is 6.34. The molecule has 0 spiro atoms. The van der Waals surface area contributed by atoms with Gasteiger partial charge in [-0.1, -0.05) is 24.3 Å². The van der Waals surface area contributed by atoms with Crippen molar-refractivity contribution < 1.29 is 14.6 Å². The number of hydrogen-bond acceptors (Lipinski definition) is 3. The van der Waals surface area contributed by atoms with Crippen molar-refractivity contribution in [1.82, 2.24) is 4.90 Å². The third-order valence-corrected chi connectivity index (χ3v) is 4.49. The Kier molecular flexibility index (Phi) is 5.16. The van der Waals surface area contributed by atoms with Crippen molar-refractivity contribution in [3.8, 4) is 11.5 Å². The molecule has 1 saturated heterocycles. The van der Waals surface area contributed by atoms with Crippen LogP contribution < -0.4 is 4.74 Å². The lowest BCUT2D eigenvalue weighted by Gasteiger charge is -2.34. The molecular weight excluding hydrogens is 302 g/mol. The Morgan fingerprint density at radius 2 is 1.92 bits per heavy atom. The highest BCUT2D eigenvalue weighted by molar-refractivity contribution is 5.94. The Labute approximate surface area is 142 Å². The number of likely N-dealkylation sites (tertiary alicyclic amines) is 1. The maximum absolute atomic E-state index is 12.8. The summed E-state index contributed by atoms with van der Waals surface area (Å²) in [5.41, 5.74) is 0.620. The molecule has 1 amide bonds. The summed E-state index contributed by atoms with van der Waals surface area (Å²) in [4.78, 5) is 14.6. The standard InChI is InChI=1S/C20H23NO3/c1-15(22)17-8-6-12-21(14-17)20(23)16-7-5-11-19(13-16)24-18-9-3-2-4-10-18/h2-5,7,9-11,13,15,17,22H,6,8,12,14H2,1H3. The summed E-state index contributed by atoms with van der Waals surface area (Å²) < 4.78 is 5.81. The van der Waals surface area contributed by atoms with Crippen LogP contribution >= 0.6 is 0 Å². The second kappa shape index (κ2) is 7.49. The molecule has 1 aliphatic rings. The quantitative estimate of drug-likeness (QED) is 0.932. The number of carbonyl (C=O) groups is 1. The predicted octanol–water partition coefficient (Wildman–Crippen LogP) is 3.71. The number of rotatable bonds is 4. The van der Waals surface area contributed by atoms with Crippen LogP contribution in [0, 0.1) is 5.92 Å². The van der Waals surface area contributed by atoms with Crippen LogP contribution in [0.4, 0.5) is 0 Å². The summed E-state index contributed by atoms with van der Waals surface area (Å²) in [7, 11) is 0. The number of ether oxygens (including phenoxy) is 1. The van der Waals surface area contributed by atoms with Gasteiger partial charge in [-0.2, -0.15) is 0 Å². The van der Waals surface area contributed by atoms with Crippen LogP contribution in [-0.4, -0.2) is 35.1 Å². The number of aliphatic hydroxyl groups excluding tert-OH is 1. The summed E-state index contributed by atoms with van der Waals surface area (Å²) in [5.74, 6) is 1.55. The van der Waals surface area contributed by atoms with Crippen molar-refractivity contribution in [2.45, 2.75) is 25.9 Å². The fourth-order valence-electron chi connectivity index (χ4n) is 3.09. The zero-order valence-corrected chi connectivity index (χ0v) is 13.9. The van der Waals surface area contributed by atoms with E-state index in [0.717, 1.165) is 25.1 Å². The van der Waals surface area contributed by atoms with Crippen LogP contribution in [-0.2, 0) is 0 Å².